The number of hydrogen-bond donors (Lipinski definition) is 0. The molecule has 0 bridgehead atoms. The SMILES string of the molecule is B.Brc1ccccc1[P@](c1ccccc1)C1CCCCC1. The minimum atomic E-state index is -0.237. The molecule has 1 aliphatic rings. The van der Waals surface area contributed by atoms with Crippen LogP contribution in [0.1, 0.15) is 32.1 Å². The lowest BCUT2D eigenvalue weighted by Crippen LogP contribution is -2.24. The van der Waals surface area contributed by atoms with E-state index < -0.39 is 0 Å². The summed E-state index contributed by atoms with van der Waals surface area (Å²) in [6.07, 6.45) is 7.01. The van der Waals surface area contributed by atoms with Crippen molar-refractivity contribution in [2.24, 2.45) is 0 Å². The Morgan fingerprint density at radius 3 is 2.10 bits per heavy atom. The summed E-state index contributed by atoms with van der Waals surface area (Å²) in [4.78, 5) is 0. The average molecular weight is 361 g/mol. The van der Waals surface area contributed by atoms with Crippen LogP contribution in [0.5, 0.6) is 0 Å². The first-order valence-corrected chi connectivity index (χ1v) is 9.65. The van der Waals surface area contributed by atoms with Crippen LogP contribution in [0, 0.1) is 0 Å². The van der Waals surface area contributed by atoms with Crippen LogP contribution in [-0.4, -0.2) is 14.1 Å². The minimum absolute atomic E-state index is 0. The minimum Gasteiger partial charge on any atom is -0.0622 e. The summed E-state index contributed by atoms with van der Waals surface area (Å²) in [6, 6.07) is 19.9. The van der Waals surface area contributed by atoms with Gasteiger partial charge in [-0.1, -0.05) is 83.7 Å². The van der Waals surface area contributed by atoms with E-state index in [-0.39, 0.29) is 16.3 Å². The second-order valence-corrected chi connectivity index (χ2v) is 8.77. The van der Waals surface area contributed by atoms with Gasteiger partial charge in [0.2, 0.25) is 0 Å². The van der Waals surface area contributed by atoms with Crippen molar-refractivity contribution in [1.82, 2.24) is 0 Å². The Morgan fingerprint density at radius 1 is 0.810 bits per heavy atom. The van der Waals surface area contributed by atoms with Gasteiger partial charge < -0.3 is 0 Å². The Bertz CT molecular complexity index is 552. The third kappa shape index (κ3) is 3.99. The lowest BCUT2D eigenvalue weighted by Gasteiger charge is -2.32. The maximum Gasteiger partial charge on any atom is 0.0814 e. The number of halogens is 1. The van der Waals surface area contributed by atoms with Gasteiger partial charge in [0, 0.05) is 4.47 Å². The van der Waals surface area contributed by atoms with Crippen molar-refractivity contribution in [2.75, 3.05) is 0 Å². The van der Waals surface area contributed by atoms with Crippen LogP contribution in [0.4, 0.5) is 0 Å². The molecule has 0 unspecified atom stereocenters. The highest BCUT2D eigenvalue weighted by Gasteiger charge is 2.27. The topological polar surface area (TPSA) is 0 Å². The zero-order chi connectivity index (χ0) is 13.8. The van der Waals surface area contributed by atoms with Gasteiger partial charge in [-0.25, -0.2) is 0 Å². The van der Waals surface area contributed by atoms with Crippen molar-refractivity contribution in [1.29, 1.82) is 0 Å². The standard InChI is InChI=1S/C18H20BrP.BH3/c19-17-13-7-8-14-18(17)20(15-9-3-1-4-10-15)16-11-5-2-6-12-16;/h1,3-4,7-10,13-14,16H,2,5-6,11-12H2;1H3/t20-;/m1./s1. The highest BCUT2D eigenvalue weighted by atomic mass is 79.9. The smallest absolute Gasteiger partial charge is 0.0622 e. The summed E-state index contributed by atoms with van der Waals surface area (Å²) in [6.45, 7) is 0. The molecule has 2 aromatic carbocycles. The van der Waals surface area contributed by atoms with E-state index >= 15 is 0 Å². The Morgan fingerprint density at radius 2 is 1.43 bits per heavy atom. The third-order valence-electron chi connectivity index (χ3n) is 4.09. The summed E-state index contributed by atoms with van der Waals surface area (Å²) in [7, 11) is -0.237. The summed E-state index contributed by atoms with van der Waals surface area (Å²) in [5, 5.41) is 3.04. The summed E-state index contributed by atoms with van der Waals surface area (Å²) >= 11 is 3.78. The molecule has 0 radical (unpaired) electrons. The maximum absolute atomic E-state index is 3.78. The maximum atomic E-state index is 3.78. The van der Waals surface area contributed by atoms with Crippen LogP contribution < -0.4 is 10.6 Å². The second-order valence-electron chi connectivity index (χ2n) is 5.45. The first kappa shape index (κ1) is 16.8. The molecule has 3 rings (SSSR count). The fourth-order valence-electron chi connectivity index (χ4n) is 3.12. The van der Waals surface area contributed by atoms with E-state index in [0.29, 0.717) is 0 Å². The number of hydrogen-bond acceptors (Lipinski definition) is 0. The summed E-state index contributed by atoms with van der Waals surface area (Å²) in [5.74, 6) is 0. The van der Waals surface area contributed by atoms with Crippen molar-refractivity contribution >= 4 is 42.9 Å². The summed E-state index contributed by atoms with van der Waals surface area (Å²) in [5.41, 5.74) is 0.847. The molecule has 1 aliphatic carbocycles. The van der Waals surface area contributed by atoms with Crippen molar-refractivity contribution in [3.63, 3.8) is 0 Å². The van der Waals surface area contributed by atoms with E-state index in [2.05, 4.69) is 70.5 Å². The normalized spacial score (nSPS) is 17.0. The molecular formula is C18H23BBrP. The van der Waals surface area contributed by atoms with Crippen LogP contribution in [-0.2, 0) is 0 Å². The van der Waals surface area contributed by atoms with Crippen molar-refractivity contribution < 1.29 is 0 Å². The largest absolute Gasteiger partial charge is 0.0814 e. The zero-order valence-electron chi connectivity index (χ0n) is 11.6. The molecule has 3 heteroatoms. The van der Waals surface area contributed by atoms with Gasteiger partial charge in [-0.3, -0.25) is 0 Å². The van der Waals surface area contributed by atoms with Crippen LogP contribution in [0.2, 0.25) is 0 Å². The second kappa shape index (κ2) is 8.15. The van der Waals surface area contributed by atoms with Gasteiger partial charge in [0.15, 0.2) is 0 Å². The Hall–Kier alpha value is -0.585. The van der Waals surface area contributed by atoms with Gasteiger partial charge >= 0.3 is 0 Å². The van der Waals surface area contributed by atoms with Gasteiger partial charge in [0.1, 0.15) is 0 Å². The van der Waals surface area contributed by atoms with E-state index in [1.54, 1.807) is 0 Å². The third-order valence-corrected chi connectivity index (χ3v) is 8.09. The molecule has 0 heterocycles. The zero-order valence-corrected chi connectivity index (χ0v) is 14.1. The number of rotatable bonds is 3. The first-order valence-electron chi connectivity index (χ1n) is 7.45. The highest BCUT2D eigenvalue weighted by Crippen LogP contribution is 2.47. The molecule has 0 amide bonds. The predicted octanol–water partition coefficient (Wildman–Crippen LogP) is 4.03. The predicted molar refractivity (Wildman–Crippen MR) is 104 cm³/mol. The molecule has 110 valence electrons. The molecule has 0 spiro atoms. The lowest BCUT2D eigenvalue weighted by atomic mass is 10.0. The molecule has 1 atom stereocenters. The molecule has 0 N–H and O–H groups in total. The van der Waals surface area contributed by atoms with Crippen LogP contribution in [0.3, 0.4) is 0 Å². The summed E-state index contributed by atoms with van der Waals surface area (Å²) < 4.78 is 1.28. The van der Waals surface area contributed by atoms with Crippen molar-refractivity contribution in [3.05, 3.63) is 59.1 Å². The van der Waals surface area contributed by atoms with E-state index in [0.717, 1.165) is 5.66 Å². The fraction of sp³-hybridized carbons (Fsp3) is 0.333. The Balaban J connectivity index is 0.00000161. The van der Waals surface area contributed by atoms with E-state index in [4.69, 9.17) is 0 Å². The van der Waals surface area contributed by atoms with E-state index in [1.807, 2.05) is 0 Å². The molecule has 1 fully saturated rings. The van der Waals surface area contributed by atoms with E-state index in [9.17, 15) is 0 Å². The average Bonchev–Trinajstić information content (AvgIpc) is 2.52. The van der Waals surface area contributed by atoms with Crippen LogP contribution in [0.25, 0.3) is 0 Å². The monoisotopic (exact) mass is 360 g/mol. The molecule has 1 saturated carbocycles. The molecule has 21 heavy (non-hydrogen) atoms. The molecule has 0 aliphatic heterocycles. The molecule has 2 aromatic rings. The van der Waals surface area contributed by atoms with Crippen LogP contribution in [0.15, 0.2) is 59.1 Å². The number of benzene rings is 2. The lowest BCUT2D eigenvalue weighted by molar-refractivity contribution is 0.513. The quantitative estimate of drug-likeness (QED) is 0.572. The molecule has 0 aromatic heterocycles. The molecule has 0 nitrogen and oxygen atoms in total. The molecule has 0 saturated heterocycles. The van der Waals surface area contributed by atoms with Crippen molar-refractivity contribution in [3.8, 4) is 0 Å². The van der Waals surface area contributed by atoms with Gasteiger partial charge in [0.25, 0.3) is 0 Å². The van der Waals surface area contributed by atoms with Gasteiger partial charge in [-0.15, -0.1) is 0 Å². The van der Waals surface area contributed by atoms with Gasteiger partial charge in [0.05, 0.1) is 8.41 Å². The first-order chi connectivity index (χ1) is 9.86. The fourth-order valence-corrected chi connectivity index (χ4v) is 7.00. The van der Waals surface area contributed by atoms with Crippen LogP contribution >= 0.6 is 23.9 Å². The Labute approximate surface area is 139 Å². The van der Waals surface area contributed by atoms with Crippen molar-refractivity contribution in [2.45, 2.75) is 37.8 Å². The van der Waals surface area contributed by atoms with Gasteiger partial charge in [-0.05, 0) is 43.1 Å². The Kier molecular flexibility index (Phi) is 6.52. The van der Waals surface area contributed by atoms with E-state index in [1.165, 1.54) is 47.2 Å². The van der Waals surface area contributed by atoms with Gasteiger partial charge in [-0.2, -0.15) is 0 Å². The molecular weight excluding hydrogens is 338 g/mol. The highest BCUT2D eigenvalue weighted by molar-refractivity contribution is 9.10.